The average molecular weight is 465 g/mol. The van der Waals surface area contributed by atoms with Crippen LogP contribution in [0, 0.1) is 5.92 Å². The van der Waals surface area contributed by atoms with Crippen LogP contribution in [-0.2, 0) is 30.9 Å². The van der Waals surface area contributed by atoms with Crippen LogP contribution < -0.4 is 4.31 Å². The molecule has 0 bridgehead atoms. The van der Waals surface area contributed by atoms with Crippen molar-refractivity contribution >= 4 is 33.4 Å². The molecule has 9 nitrogen and oxygen atoms in total. The van der Waals surface area contributed by atoms with Crippen LogP contribution in [0.15, 0.2) is 29.4 Å². The standard InChI is InChI=1S/C18H22F3N3O6S/c1-4-30-17(26)24(31(27,28)18(19,20)21)14-8-6-5-7-13(14)11-23-10-9-12(2)15(16(23)25)22-29-3/h5-8,12H,4,9-11H2,1-3H3/b22-15+/t12-/m0/s1. The van der Waals surface area contributed by atoms with E-state index >= 15 is 0 Å². The van der Waals surface area contributed by atoms with Crippen molar-refractivity contribution in [3.8, 4) is 0 Å². The lowest BCUT2D eigenvalue weighted by Crippen LogP contribution is -2.47. The molecular formula is C18H22F3N3O6S. The number of oxime groups is 1. The number of alkyl halides is 3. The van der Waals surface area contributed by atoms with E-state index in [1.807, 2.05) is 0 Å². The summed E-state index contributed by atoms with van der Waals surface area (Å²) in [6.07, 6.45) is -1.19. The van der Waals surface area contributed by atoms with Crippen LogP contribution in [0.4, 0.5) is 23.7 Å². The Hall–Kier alpha value is -2.83. The van der Waals surface area contributed by atoms with Crippen LogP contribution in [0.5, 0.6) is 0 Å². The highest BCUT2D eigenvalue weighted by Gasteiger charge is 2.53. The summed E-state index contributed by atoms with van der Waals surface area (Å²) >= 11 is 0. The van der Waals surface area contributed by atoms with Crippen LogP contribution in [0.1, 0.15) is 25.8 Å². The van der Waals surface area contributed by atoms with Gasteiger partial charge in [0.1, 0.15) is 12.8 Å². The van der Waals surface area contributed by atoms with Crippen molar-refractivity contribution in [1.82, 2.24) is 4.90 Å². The van der Waals surface area contributed by atoms with Gasteiger partial charge in [0.15, 0.2) is 0 Å². The summed E-state index contributed by atoms with van der Waals surface area (Å²) in [7, 11) is -4.83. The Morgan fingerprint density at radius 1 is 1.32 bits per heavy atom. The van der Waals surface area contributed by atoms with E-state index in [1.165, 1.54) is 37.1 Å². The van der Waals surface area contributed by atoms with Crippen LogP contribution in [0.3, 0.4) is 0 Å². The van der Waals surface area contributed by atoms with Gasteiger partial charge in [-0.2, -0.15) is 25.9 Å². The first-order chi connectivity index (χ1) is 14.5. The van der Waals surface area contributed by atoms with Gasteiger partial charge in [0.2, 0.25) is 0 Å². The molecule has 2 rings (SSSR count). The maximum absolute atomic E-state index is 13.3. The molecular weight excluding hydrogens is 443 g/mol. The highest BCUT2D eigenvalue weighted by Crippen LogP contribution is 2.34. The zero-order chi connectivity index (χ0) is 23.4. The molecule has 0 unspecified atom stereocenters. The first-order valence-electron chi connectivity index (χ1n) is 9.22. The Morgan fingerprint density at radius 2 is 1.97 bits per heavy atom. The number of benzene rings is 1. The van der Waals surface area contributed by atoms with Crippen LogP contribution in [0.25, 0.3) is 0 Å². The Kier molecular flexibility index (Phi) is 7.52. The molecule has 1 aromatic carbocycles. The van der Waals surface area contributed by atoms with Crippen molar-refractivity contribution in [2.45, 2.75) is 32.3 Å². The summed E-state index contributed by atoms with van der Waals surface area (Å²) in [6.45, 7) is 2.76. The summed E-state index contributed by atoms with van der Waals surface area (Å²) in [5.41, 5.74) is -6.17. The lowest BCUT2D eigenvalue weighted by Gasteiger charge is -2.32. The van der Waals surface area contributed by atoms with Crippen LogP contribution in [-0.4, -0.2) is 56.8 Å². The molecule has 0 N–H and O–H groups in total. The van der Waals surface area contributed by atoms with E-state index in [-0.39, 0.29) is 36.9 Å². The van der Waals surface area contributed by atoms with Crippen LogP contribution >= 0.6 is 0 Å². The summed E-state index contributed by atoms with van der Waals surface area (Å²) in [6, 6.07) is 5.08. The molecule has 1 atom stereocenters. The summed E-state index contributed by atoms with van der Waals surface area (Å²) in [5, 5.41) is 3.72. The maximum Gasteiger partial charge on any atom is 0.517 e. The van der Waals surface area contributed by atoms with Gasteiger partial charge in [0.25, 0.3) is 5.91 Å². The number of ether oxygens (including phenoxy) is 1. The van der Waals surface area contributed by atoms with E-state index in [2.05, 4.69) is 14.7 Å². The Morgan fingerprint density at radius 3 is 2.55 bits per heavy atom. The highest BCUT2D eigenvalue weighted by molar-refractivity contribution is 7.94. The van der Waals surface area contributed by atoms with Crippen molar-refractivity contribution in [3.63, 3.8) is 0 Å². The van der Waals surface area contributed by atoms with E-state index in [0.29, 0.717) is 6.42 Å². The van der Waals surface area contributed by atoms with Crippen molar-refractivity contribution in [2.24, 2.45) is 11.1 Å². The Bertz CT molecular complexity index is 965. The SMILES string of the molecule is CCOC(=O)N(c1ccccc1CN1CC[C@H](C)/C(=N\OC)C1=O)S(=O)(=O)C(F)(F)F. The van der Waals surface area contributed by atoms with E-state index < -0.39 is 37.5 Å². The molecule has 1 aliphatic rings. The van der Waals surface area contributed by atoms with Crippen molar-refractivity contribution in [1.29, 1.82) is 0 Å². The number of carbonyl (C=O) groups excluding carboxylic acids is 2. The molecule has 0 aromatic heterocycles. The largest absolute Gasteiger partial charge is 0.517 e. The number of para-hydroxylation sites is 1. The lowest BCUT2D eigenvalue weighted by atomic mass is 9.95. The quantitative estimate of drug-likeness (QED) is 0.599. The maximum atomic E-state index is 13.3. The van der Waals surface area contributed by atoms with Gasteiger partial charge in [-0.1, -0.05) is 30.3 Å². The number of rotatable bonds is 6. The van der Waals surface area contributed by atoms with Gasteiger partial charge in [-0.05, 0) is 25.0 Å². The van der Waals surface area contributed by atoms with Gasteiger partial charge in [-0.25, -0.2) is 4.79 Å². The Labute approximate surface area is 177 Å². The van der Waals surface area contributed by atoms with Gasteiger partial charge in [0.05, 0.1) is 12.3 Å². The first-order valence-corrected chi connectivity index (χ1v) is 10.7. The second-order valence-corrected chi connectivity index (χ2v) is 8.40. The molecule has 0 saturated carbocycles. The fourth-order valence-electron chi connectivity index (χ4n) is 3.00. The lowest BCUT2D eigenvalue weighted by molar-refractivity contribution is -0.126. The highest BCUT2D eigenvalue weighted by atomic mass is 32.2. The van der Waals surface area contributed by atoms with Crippen LogP contribution in [0.2, 0.25) is 0 Å². The van der Waals surface area contributed by atoms with Crippen molar-refractivity contribution < 1.29 is 40.8 Å². The zero-order valence-electron chi connectivity index (χ0n) is 17.0. The third-order valence-corrected chi connectivity index (χ3v) is 5.94. The number of amides is 2. The Balaban J connectivity index is 2.51. The number of anilines is 1. The predicted octanol–water partition coefficient (Wildman–Crippen LogP) is 2.87. The van der Waals surface area contributed by atoms with Gasteiger partial charge >= 0.3 is 21.6 Å². The average Bonchev–Trinajstić information content (AvgIpc) is 2.68. The summed E-state index contributed by atoms with van der Waals surface area (Å²) in [4.78, 5) is 30.9. The van der Waals surface area contributed by atoms with Crippen molar-refractivity contribution in [3.05, 3.63) is 29.8 Å². The number of hydrogen-bond acceptors (Lipinski definition) is 7. The molecule has 1 aliphatic heterocycles. The number of hydrogen-bond donors (Lipinski definition) is 0. The second kappa shape index (κ2) is 9.54. The van der Waals surface area contributed by atoms with Gasteiger partial charge in [0, 0.05) is 19.0 Å². The molecule has 1 saturated heterocycles. The van der Waals surface area contributed by atoms with E-state index in [1.54, 1.807) is 6.92 Å². The number of sulfonamides is 1. The first kappa shape index (κ1) is 24.4. The van der Waals surface area contributed by atoms with E-state index in [9.17, 15) is 31.2 Å². The molecule has 0 aliphatic carbocycles. The predicted molar refractivity (Wildman–Crippen MR) is 105 cm³/mol. The molecule has 1 heterocycles. The second-order valence-electron chi connectivity index (χ2n) is 6.62. The molecule has 31 heavy (non-hydrogen) atoms. The fourth-order valence-corrected chi connectivity index (χ4v) is 3.89. The van der Waals surface area contributed by atoms with Crippen molar-refractivity contribution in [2.75, 3.05) is 24.6 Å². The number of piperidine rings is 1. The number of halogens is 3. The van der Waals surface area contributed by atoms with Gasteiger partial charge < -0.3 is 14.5 Å². The topological polar surface area (TPSA) is 106 Å². The molecule has 1 fully saturated rings. The summed E-state index contributed by atoms with van der Waals surface area (Å²) < 4.78 is 68.2. The third kappa shape index (κ3) is 5.09. The van der Waals surface area contributed by atoms with Gasteiger partial charge in [-0.3, -0.25) is 4.79 Å². The smallest absolute Gasteiger partial charge is 0.449 e. The summed E-state index contributed by atoms with van der Waals surface area (Å²) in [5.74, 6) is -0.697. The fraction of sp³-hybridized carbons (Fsp3) is 0.500. The molecule has 2 amide bonds. The van der Waals surface area contributed by atoms with E-state index in [4.69, 9.17) is 0 Å². The molecule has 1 aromatic rings. The monoisotopic (exact) mass is 465 g/mol. The molecule has 13 heteroatoms. The number of nitrogens with zero attached hydrogens (tertiary/aromatic N) is 3. The minimum atomic E-state index is -6.11. The minimum Gasteiger partial charge on any atom is -0.449 e. The van der Waals surface area contributed by atoms with Gasteiger partial charge in [-0.15, -0.1) is 0 Å². The molecule has 172 valence electrons. The molecule has 0 radical (unpaired) electrons. The minimum absolute atomic E-state index is 0.00282. The molecule has 0 spiro atoms. The number of carbonyl (C=O) groups is 2. The van der Waals surface area contributed by atoms with E-state index in [0.717, 1.165) is 6.07 Å². The third-order valence-electron chi connectivity index (χ3n) is 4.53. The number of likely N-dealkylation sites (tertiary alicyclic amines) is 1. The normalized spacial score (nSPS) is 18.8. The zero-order valence-corrected chi connectivity index (χ0v) is 17.9.